The minimum absolute atomic E-state index is 0.223. The first-order valence-electron chi connectivity index (χ1n) is 6.62. The zero-order valence-electron chi connectivity index (χ0n) is 11.1. The van der Waals surface area contributed by atoms with Crippen LogP contribution in [0.15, 0.2) is 30.5 Å². The van der Waals surface area contributed by atoms with Gasteiger partial charge in [0.05, 0.1) is 12.2 Å². The molecular weight excluding hydrogens is 259 g/mol. The van der Waals surface area contributed by atoms with Crippen molar-refractivity contribution >= 4 is 5.91 Å². The van der Waals surface area contributed by atoms with E-state index in [2.05, 4.69) is 15.6 Å². The average molecular weight is 274 g/mol. The van der Waals surface area contributed by atoms with Gasteiger partial charge in [-0.15, -0.1) is 5.10 Å². The number of nitrogens with one attached hydrogen (secondary N) is 1. The molecule has 1 fully saturated rings. The van der Waals surface area contributed by atoms with Gasteiger partial charge in [0.25, 0.3) is 5.91 Å². The first-order valence-corrected chi connectivity index (χ1v) is 6.62. The first kappa shape index (κ1) is 12.8. The highest BCUT2D eigenvalue weighted by Gasteiger charge is 2.25. The smallest absolute Gasteiger partial charge is 0.273 e. The lowest BCUT2D eigenvalue weighted by molar-refractivity contribution is 0.0946. The fraction of sp³-hybridized carbons (Fsp3) is 0.357. The largest absolute Gasteiger partial charge is 0.348 e. The van der Waals surface area contributed by atoms with Gasteiger partial charge in [0, 0.05) is 11.6 Å². The van der Waals surface area contributed by atoms with Gasteiger partial charge in [0.15, 0.2) is 5.69 Å². The van der Waals surface area contributed by atoms with Gasteiger partial charge >= 0.3 is 0 Å². The van der Waals surface area contributed by atoms with Crippen LogP contribution in [0, 0.1) is 5.82 Å². The van der Waals surface area contributed by atoms with Crippen LogP contribution in [0.4, 0.5) is 4.39 Å². The second-order valence-corrected chi connectivity index (χ2v) is 5.03. The fourth-order valence-corrected chi connectivity index (χ4v) is 2.01. The van der Waals surface area contributed by atoms with Crippen LogP contribution >= 0.6 is 0 Å². The maximum absolute atomic E-state index is 13.7. The Balaban J connectivity index is 1.78. The highest BCUT2D eigenvalue weighted by molar-refractivity contribution is 5.92. The molecule has 0 radical (unpaired) electrons. The minimum Gasteiger partial charge on any atom is -0.348 e. The van der Waals surface area contributed by atoms with Crippen molar-refractivity contribution in [3.63, 3.8) is 0 Å². The van der Waals surface area contributed by atoms with Gasteiger partial charge in [-0.1, -0.05) is 23.4 Å². The summed E-state index contributed by atoms with van der Waals surface area (Å²) in [5.41, 5.74) is 0.784. The number of benzene rings is 1. The number of rotatable bonds is 4. The molecule has 1 aromatic heterocycles. The molecule has 5 nitrogen and oxygen atoms in total. The second kappa shape index (κ2) is 5.03. The molecule has 2 aromatic rings. The maximum Gasteiger partial charge on any atom is 0.273 e. The van der Waals surface area contributed by atoms with Crippen molar-refractivity contribution in [1.82, 2.24) is 20.3 Å². The van der Waals surface area contributed by atoms with Gasteiger partial charge in [0.2, 0.25) is 0 Å². The van der Waals surface area contributed by atoms with Gasteiger partial charge in [-0.3, -0.25) is 4.79 Å². The monoisotopic (exact) mass is 274 g/mol. The summed E-state index contributed by atoms with van der Waals surface area (Å²) in [6.07, 6.45) is 3.59. The number of carbonyl (C=O) groups excluding carboxylic acids is 1. The molecule has 0 aliphatic heterocycles. The number of hydrogen-bond donors (Lipinski definition) is 1. The maximum atomic E-state index is 13.7. The fourth-order valence-electron chi connectivity index (χ4n) is 2.01. The van der Waals surface area contributed by atoms with E-state index in [1.165, 1.54) is 10.7 Å². The van der Waals surface area contributed by atoms with Crippen LogP contribution in [0.1, 0.15) is 41.9 Å². The Hall–Kier alpha value is -2.24. The Morgan fingerprint density at radius 3 is 2.90 bits per heavy atom. The summed E-state index contributed by atoms with van der Waals surface area (Å²) >= 11 is 0. The van der Waals surface area contributed by atoms with Crippen LogP contribution in [0.5, 0.6) is 0 Å². The molecule has 0 saturated heterocycles. The van der Waals surface area contributed by atoms with Crippen molar-refractivity contribution in [3.05, 3.63) is 47.5 Å². The number of hydrogen-bond acceptors (Lipinski definition) is 3. The predicted molar refractivity (Wildman–Crippen MR) is 70.7 cm³/mol. The Labute approximate surface area is 115 Å². The molecule has 1 N–H and O–H groups in total. The van der Waals surface area contributed by atoms with Crippen molar-refractivity contribution in [2.45, 2.75) is 31.8 Å². The summed E-state index contributed by atoms with van der Waals surface area (Å²) in [6.45, 7) is 1.82. The van der Waals surface area contributed by atoms with E-state index < -0.39 is 0 Å². The molecule has 0 spiro atoms. The molecule has 104 valence electrons. The Kier molecular flexibility index (Phi) is 3.22. The van der Waals surface area contributed by atoms with Crippen LogP contribution in [0.2, 0.25) is 0 Å². The van der Waals surface area contributed by atoms with Gasteiger partial charge in [-0.05, 0) is 25.8 Å². The van der Waals surface area contributed by atoms with E-state index in [0.717, 1.165) is 12.8 Å². The number of nitrogens with zero attached hydrogens (tertiary/aromatic N) is 3. The van der Waals surface area contributed by atoms with Crippen molar-refractivity contribution < 1.29 is 9.18 Å². The minimum atomic E-state index is -0.314. The normalized spacial score (nSPS) is 15.9. The van der Waals surface area contributed by atoms with Crippen LogP contribution in [0.3, 0.4) is 0 Å². The summed E-state index contributed by atoms with van der Waals surface area (Å²) in [5, 5.41) is 10.6. The molecule has 0 unspecified atom stereocenters. The molecule has 1 amide bonds. The molecule has 1 atom stereocenters. The zero-order chi connectivity index (χ0) is 14.1. The SMILES string of the molecule is C[C@H](c1ccccc1F)n1cc(C(=O)NC2CC2)nn1. The molecule has 3 rings (SSSR count). The van der Waals surface area contributed by atoms with E-state index in [4.69, 9.17) is 0 Å². The van der Waals surface area contributed by atoms with Gasteiger partial charge in [-0.25, -0.2) is 9.07 Å². The van der Waals surface area contributed by atoms with Gasteiger partial charge in [0.1, 0.15) is 5.82 Å². The van der Waals surface area contributed by atoms with E-state index in [1.807, 2.05) is 6.92 Å². The lowest BCUT2D eigenvalue weighted by Crippen LogP contribution is -2.25. The number of carbonyl (C=O) groups is 1. The molecule has 1 aromatic carbocycles. The predicted octanol–water partition coefficient (Wildman–Crippen LogP) is 1.92. The molecule has 1 aliphatic carbocycles. The third kappa shape index (κ3) is 2.54. The Bertz CT molecular complexity index is 636. The lowest BCUT2D eigenvalue weighted by Gasteiger charge is -2.12. The summed E-state index contributed by atoms with van der Waals surface area (Å²) in [4.78, 5) is 11.8. The molecule has 6 heteroatoms. The van der Waals surface area contributed by atoms with Crippen LogP contribution < -0.4 is 5.32 Å². The van der Waals surface area contributed by atoms with Crippen molar-refractivity contribution in [2.75, 3.05) is 0 Å². The Morgan fingerprint density at radius 2 is 2.20 bits per heavy atom. The summed E-state index contributed by atoms with van der Waals surface area (Å²) in [6, 6.07) is 6.48. The van der Waals surface area contributed by atoms with E-state index in [-0.39, 0.29) is 29.5 Å². The molecule has 1 aliphatic rings. The molecule has 20 heavy (non-hydrogen) atoms. The van der Waals surface area contributed by atoms with Crippen LogP contribution in [0.25, 0.3) is 0 Å². The van der Waals surface area contributed by atoms with Gasteiger partial charge in [-0.2, -0.15) is 0 Å². The number of aromatic nitrogens is 3. The van der Waals surface area contributed by atoms with Crippen LogP contribution in [-0.4, -0.2) is 26.9 Å². The van der Waals surface area contributed by atoms with E-state index in [1.54, 1.807) is 24.4 Å². The lowest BCUT2D eigenvalue weighted by atomic mass is 10.1. The summed E-state index contributed by atoms with van der Waals surface area (Å²) in [7, 11) is 0. The summed E-state index contributed by atoms with van der Waals surface area (Å²) < 4.78 is 15.2. The third-order valence-electron chi connectivity index (χ3n) is 3.41. The van der Waals surface area contributed by atoms with Crippen molar-refractivity contribution in [2.24, 2.45) is 0 Å². The highest BCUT2D eigenvalue weighted by atomic mass is 19.1. The van der Waals surface area contributed by atoms with E-state index in [9.17, 15) is 9.18 Å². The molecule has 0 bridgehead atoms. The topological polar surface area (TPSA) is 59.8 Å². The molecule has 1 saturated carbocycles. The number of halogens is 1. The van der Waals surface area contributed by atoms with E-state index in [0.29, 0.717) is 5.56 Å². The van der Waals surface area contributed by atoms with Crippen molar-refractivity contribution in [3.8, 4) is 0 Å². The quantitative estimate of drug-likeness (QED) is 0.926. The summed E-state index contributed by atoms with van der Waals surface area (Å²) in [5.74, 6) is -0.515. The standard InChI is InChI=1S/C14H15FN4O/c1-9(11-4-2-3-5-12(11)15)19-8-13(17-18-19)14(20)16-10-6-7-10/h2-5,8-10H,6-7H2,1H3,(H,16,20)/t9-/m1/s1. The number of amides is 1. The molecule has 1 heterocycles. The van der Waals surface area contributed by atoms with Gasteiger partial charge < -0.3 is 5.32 Å². The van der Waals surface area contributed by atoms with Crippen molar-refractivity contribution in [1.29, 1.82) is 0 Å². The molecular formula is C14H15FN4O. The Morgan fingerprint density at radius 1 is 1.45 bits per heavy atom. The average Bonchev–Trinajstić information content (AvgIpc) is 3.11. The van der Waals surface area contributed by atoms with Crippen LogP contribution in [-0.2, 0) is 0 Å². The highest BCUT2D eigenvalue weighted by Crippen LogP contribution is 2.21. The zero-order valence-corrected chi connectivity index (χ0v) is 11.1. The van der Waals surface area contributed by atoms with E-state index >= 15 is 0 Å². The second-order valence-electron chi connectivity index (χ2n) is 5.03. The third-order valence-corrected chi connectivity index (χ3v) is 3.41. The first-order chi connectivity index (χ1) is 9.65.